The van der Waals surface area contributed by atoms with Gasteiger partial charge in [0.25, 0.3) is 0 Å². The fourth-order valence-corrected chi connectivity index (χ4v) is 6.52. The van der Waals surface area contributed by atoms with Crippen LogP contribution in [-0.4, -0.2) is 15.0 Å². The van der Waals surface area contributed by atoms with Gasteiger partial charge in [-0.15, -0.1) is 0 Å². The Kier molecular flexibility index (Phi) is 4.47. The number of benzene rings is 5. The molecule has 0 bridgehead atoms. The maximum atomic E-state index is 6.08. The monoisotopic (exact) mass is 513 g/mol. The Bertz CT molecular complexity index is 2110. The van der Waals surface area contributed by atoms with Gasteiger partial charge < -0.3 is 4.42 Å². The molecule has 0 radical (unpaired) electrons. The van der Waals surface area contributed by atoms with E-state index in [0.29, 0.717) is 23.5 Å². The first-order valence-electron chi connectivity index (χ1n) is 13.8. The van der Waals surface area contributed by atoms with Crippen molar-refractivity contribution in [2.45, 2.75) is 18.3 Å². The summed E-state index contributed by atoms with van der Waals surface area (Å²) in [5, 5.41) is 2.15. The zero-order chi connectivity index (χ0) is 26.2. The molecule has 2 atom stereocenters. The largest absolute Gasteiger partial charge is 0.456 e. The molecular formula is C36H23N3O. The van der Waals surface area contributed by atoms with Crippen LogP contribution >= 0.6 is 0 Å². The molecule has 7 aromatic rings. The molecule has 2 aliphatic rings. The van der Waals surface area contributed by atoms with Gasteiger partial charge in [-0.05, 0) is 64.8 Å². The smallest absolute Gasteiger partial charge is 0.164 e. The van der Waals surface area contributed by atoms with Crippen molar-refractivity contribution < 1.29 is 4.42 Å². The Hall–Kier alpha value is -5.09. The van der Waals surface area contributed by atoms with Crippen LogP contribution in [0.1, 0.15) is 29.4 Å². The summed E-state index contributed by atoms with van der Waals surface area (Å²) in [6.45, 7) is 0. The Morgan fingerprint density at radius 1 is 0.500 bits per heavy atom. The minimum atomic E-state index is 0.509. The molecule has 2 heterocycles. The van der Waals surface area contributed by atoms with Crippen molar-refractivity contribution in [1.29, 1.82) is 0 Å². The highest BCUT2D eigenvalue weighted by Crippen LogP contribution is 2.63. The average Bonchev–Trinajstić information content (AvgIpc) is 3.75. The Morgan fingerprint density at radius 3 is 2.12 bits per heavy atom. The third kappa shape index (κ3) is 3.23. The molecular weight excluding hydrogens is 490 g/mol. The molecule has 5 aromatic carbocycles. The number of para-hydroxylation sites is 1. The van der Waals surface area contributed by atoms with E-state index in [0.717, 1.165) is 44.5 Å². The van der Waals surface area contributed by atoms with Crippen LogP contribution in [0.25, 0.3) is 67.2 Å². The zero-order valence-electron chi connectivity index (χ0n) is 21.6. The van der Waals surface area contributed by atoms with Gasteiger partial charge in [0.1, 0.15) is 11.2 Å². The van der Waals surface area contributed by atoms with E-state index in [1.807, 2.05) is 48.5 Å². The molecule has 2 aliphatic carbocycles. The van der Waals surface area contributed by atoms with Gasteiger partial charge in [-0.2, -0.15) is 0 Å². The Balaban J connectivity index is 1.28. The SMILES string of the molecule is c1ccc(-c2nc(-c3ccc4oc5ccccc5c4c3)nc(-c3cccc4c3C3CC3c3ccccc3-4)n2)cc1. The van der Waals surface area contributed by atoms with E-state index in [1.165, 1.54) is 28.7 Å². The van der Waals surface area contributed by atoms with Crippen LogP contribution in [0.4, 0.5) is 0 Å². The minimum Gasteiger partial charge on any atom is -0.456 e. The second kappa shape index (κ2) is 8.20. The Labute approximate surface area is 231 Å². The number of furan rings is 1. The van der Waals surface area contributed by atoms with Gasteiger partial charge in [-0.3, -0.25) is 0 Å². The highest BCUT2D eigenvalue weighted by atomic mass is 16.3. The van der Waals surface area contributed by atoms with Crippen molar-refractivity contribution in [3.63, 3.8) is 0 Å². The predicted molar refractivity (Wildman–Crippen MR) is 159 cm³/mol. The van der Waals surface area contributed by atoms with E-state index >= 15 is 0 Å². The van der Waals surface area contributed by atoms with E-state index in [2.05, 4.69) is 66.7 Å². The van der Waals surface area contributed by atoms with Crippen molar-refractivity contribution in [2.75, 3.05) is 0 Å². The maximum Gasteiger partial charge on any atom is 0.164 e. The van der Waals surface area contributed by atoms with Crippen LogP contribution in [0.5, 0.6) is 0 Å². The van der Waals surface area contributed by atoms with E-state index in [1.54, 1.807) is 0 Å². The highest BCUT2D eigenvalue weighted by Gasteiger charge is 2.46. The molecule has 4 heteroatoms. The van der Waals surface area contributed by atoms with Crippen LogP contribution in [0.3, 0.4) is 0 Å². The van der Waals surface area contributed by atoms with Crippen LogP contribution in [0.2, 0.25) is 0 Å². The van der Waals surface area contributed by atoms with E-state index in [9.17, 15) is 0 Å². The summed E-state index contributed by atoms with van der Waals surface area (Å²) in [6, 6.07) is 40.0. The topological polar surface area (TPSA) is 51.8 Å². The number of rotatable bonds is 3. The van der Waals surface area contributed by atoms with Crippen molar-refractivity contribution >= 4 is 21.9 Å². The molecule has 2 unspecified atom stereocenters. The fraction of sp³-hybridized carbons (Fsp3) is 0.0833. The average molecular weight is 514 g/mol. The van der Waals surface area contributed by atoms with Crippen molar-refractivity contribution in [2.24, 2.45) is 0 Å². The van der Waals surface area contributed by atoms with Gasteiger partial charge >= 0.3 is 0 Å². The number of aromatic nitrogens is 3. The first-order valence-corrected chi connectivity index (χ1v) is 13.8. The number of nitrogens with zero attached hydrogens (tertiary/aromatic N) is 3. The predicted octanol–water partition coefficient (Wildman–Crippen LogP) is 9.02. The van der Waals surface area contributed by atoms with Gasteiger partial charge in [0.05, 0.1) is 0 Å². The van der Waals surface area contributed by atoms with Crippen molar-refractivity contribution in [3.8, 4) is 45.3 Å². The minimum absolute atomic E-state index is 0.509. The van der Waals surface area contributed by atoms with Gasteiger partial charge in [0.2, 0.25) is 0 Å². The number of fused-ring (bicyclic) bond motifs is 9. The maximum absolute atomic E-state index is 6.08. The lowest BCUT2D eigenvalue weighted by Crippen LogP contribution is -2.05. The molecule has 0 amide bonds. The summed E-state index contributed by atoms with van der Waals surface area (Å²) in [5.41, 5.74) is 10.3. The highest BCUT2D eigenvalue weighted by molar-refractivity contribution is 6.06. The van der Waals surface area contributed by atoms with Crippen molar-refractivity contribution in [3.05, 3.63) is 126 Å². The van der Waals surface area contributed by atoms with Gasteiger partial charge in [-0.1, -0.05) is 91.0 Å². The molecule has 4 nitrogen and oxygen atoms in total. The van der Waals surface area contributed by atoms with Crippen LogP contribution < -0.4 is 0 Å². The first kappa shape index (κ1) is 21.8. The molecule has 9 rings (SSSR count). The summed E-state index contributed by atoms with van der Waals surface area (Å²) < 4.78 is 6.08. The summed E-state index contributed by atoms with van der Waals surface area (Å²) in [6.07, 6.45) is 1.18. The lowest BCUT2D eigenvalue weighted by molar-refractivity contribution is 0.669. The third-order valence-corrected chi connectivity index (χ3v) is 8.46. The lowest BCUT2D eigenvalue weighted by Gasteiger charge is -2.22. The number of hydrogen-bond acceptors (Lipinski definition) is 4. The van der Waals surface area contributed by atoms with Crippen LogP contribution in [-0.2, 0) is 0 Å². The molecule has 0 spiro atoms. The number of hydrogen-bond donors (Lipinski definition) is 0. The molecule has 188 valence electrons. The van der Waals surface area contributed by atoms with Crippen LogP contribution in [0, 0.1) is 0 Å². The summed E-state index contributed by atoms with van der Waals surface area (Å²) in [7, 11) is 0. The first-order chi connectivity index (χ1) is 19.8. The normalized spacial score (nSPS) is 16.9. The molecule has 1 fully saturated rings. The van der Waals surface area contributed by atoms with E-state index in [4.69, 9.17) is 19.4 Å². The molecule has 0 saturated heterocycles. The Morgan fingerprint density at radius 2 is 1.20 bits per heavy atom. The summed E-state index contributed by atoms with van der Waals surface area (Å²) in [5.74, 6) is 3.16. The summed E-state index contributed by atoms with van der Waals surface area (Å²) >= 11 is 0. The van der Waals surface area contributed by atoms with Crippen molar-refractivity contribution in [1.82, 2.24) is 15.0 Å². The lowest BCUT2D eigenvalue weighted by atomic mass is 9.83. The molecule has 2 aromatic heterocycles. The molecule has 0 aliphatic heterocycles. The van der Waals surface area contributed by atoms with Gasteiger partial charge in [0.15, 0.2) is 17.5 Å². The van der Waals surface area contributed by atoms with E-state index in [-0.39, 0.29) is 0 Å². The standard InChI is InChI=1S/C36H23N3O/c1-2-9-21(10-3-1)34-37-35(22-17-18-32-29(19-22)25-13-6-7-16-31(25)40-32)39-36(38-34)27-15-8-14-26-23-11-4-5-12-24(23)28-20-30(28)33(26)27/h1-19,28,30H,20H2. The zero-order valence-corrected chi connectivity index (χ0v) is 21.6. The molecule has 0 N–H and O–H groups in total. The quantitative estimate of drug-likeness (QED) is 0.236. The third-order valence-electron chi connectivity index (χ3n) is 8.46. The fourth-order valence-electron chi connectivity index (χ4n) is 6.52. The molecule has 40 heavy (non-hydrogen) atoms. The van der Waals surface area contributed by atoms with Gasteiger partial charge in [-0.25, -0.2) is 15.0 Å². The molecule has 1 saturated carbocycles. The second-order valence-electron chi connectivity index (χ2n) is 10.8. The van der Waals surface area contributed by atoms with Gasteiger partial charge in [0, 0.05) is 27.5 Å². The van der Waals surface area contributed by atoms with E-state index < -0.39 is 0 Å². The van der Waals surface area contributed by atoms with Crippen LogP contribution in [0.15, 0.2) is 120 Å². The second-order valence-corrected chi connectivity index (χ2v) is 10.8. The summed E-state index contributed by atoms with van der Waals surface area (Å²) in [4.78, 5) is 15.2.